The molecule has 27 heavy (non-hydrogen) atoms. The number of carbonyl (C=O) groups excluding carboxylic acids is 2. The minimum absolute atomic E-state index is 0.166. The van der Waals surface area contributed by atoms with Gasteiger partial charge in [-0.15, -0.1) is 0 Å². The van der Waals surface area contributed by atoms with Crippen LogP contribution in [0.3, 0.4) is 0 Å². The zero-order chi connectivity index (χ0) is 19.1. The molecule has 1 aromatic heterocycles. The van der Waals surface area contributed by atoms with Crippen LogP contribution in [0.5, 0.6) is 0 Å². The lowest BCUT2D eigenvalue weighted by Gasteiger charge is -2.30. The number of hydrogen-bond donors (Lipinski definition) is 1. The fourth-order valence-corrected chi connectivity index (χ4v) is 2.96. The van der Waals surface area contributed by atoms with Crippen LogP contribution in [0.15, 0.2) is 83.5 Å². The summed E-state index contributed by atoms with van der Waals surface area (Å²) in [6, 6.07) is 21.8. The topological polar surface area (TPSA) is 62.6 Å². The van der Waals surface area contributed by atoms with E-state index in [2.05, 4.69) is 5.32 Å². The molecule has 0 radical (unpaired) electrons. The first kappa shape index (κ1) is 18.5. The van der Waals surface area contributed by atoms with Crippen LogP contribution < -0.4 is 5.32 Å². The van der Waals surface area contributed by atoms with Gasteiger partial charge in [0, 0.05) is 13.5 Å². The molecule has 0 spiro atoms. The molecule has 0 aliphatic rings. The van der Waals surface area contributed by atoms with Crippen LogP contribution in [0.1, 0.15) is 29.9 Å². The van der Waals surface area contributed by atoms with E-state index in [9.17, 15) is 9.59 Å². The second-order valence-corrected chi connectivity index (χ2v) is 6.24. The van der Waals surface area contributed by atoms with Crippen LogP contribution in [-0.2, 0) is 22.7 Å². The fourth-order valence-electron chi connectivity index (χ4n) is 2.96. The number of hydrogen-bond acceptors (Lipinski definition) is 3. The highest BCUT2D eigenvalue weighted by Gasteiger charge is 2.29. The first-order valence-electron chi connectivity index (χ1n) is 8.81. The lowest BCUT2D eigenvalue weighted by molar-refractivity contribution is -0.140. The summed E-state index contributed by atoms with van der Waals surface area (Å²) in [6.45, 7) is 2.11. The summed E-state index contributed by atoms with van der Waals surface area (Å²) in [5, 5.41) is 2.88. The molecule has 1 unspecified atom stereocenters. The molecular formula is C22H22N2O3. The lowest BCUT2D eigenvalue weighted by Crippen LogP contribution is -2.42. The van der Waals surface area contributed by atoms with Gasteiger partial charge in [0.1, 0.15) is 11.8 Å². The average molecular weight is 362 g/mol. The van der Waals surface area contributed by atoms with Crippen LogP contribution >= 0.6 is 0 Å². The Morgan fingerprint density at radius 3 is 2.22 bits per heavy atom. The van der Waals surface area contributed by atoms with Gasteiger partial charge in [0.25, 0.3) is 0 Å². The van der Waals surface area contributed by atoms with Gasteiger partial charge in [0.15, 0.2) is 0 Å². The molecule has 2 aromatic carbocycles. The molecule has 0 aliphatic carbocycles. The van der Waals surface area contributed by atoms with E-state index < -0.39 is 6.04 Å². The van der Waals surface area contributed by atoms with Crippen molar-refractivity contribution in [1.29, 1.82) is 0 Å². The van der Waals surface area contributed by atoms with E-state index in [-0.39, 0.29) is 18.4 Å². The van der Waals surface area contributed by atoms with Crippen molar-refractivity contribution in [2.45, 2.75) is 26.1 Å². The fraction of sp³-hybridized carbons (Fsp3) is 0.182. The molecule has 5 heteroatoms. The number of nitrogens with one attached hydrogen (secondary N) is 1. The Bertz CT molecular complexity index is 861. The average Bonchev–Trinajstić information content (AvgIpc) is 3.21. The number of nitrogens with zero attached hydrogens (tertiary/aromatic N) is 1. The van der Waals surface area contributed by atoms with E-state index in [1.54, 1.807) is 23.3 Å². The maximum atomic E-state index is 13.0. The predicted molar refractivity (Wildman–Crippen MR) is 102 cm³/mol. The second-order valence-electron chi connectivity index (χ2n) is 6.24. The van der Waals surface area contributed by atoms with Crippen molar-refractivity contribution in [3.63, 3.8) is 0 Å². The Morgan fingerprint density at radius 2 is 1.63 bits per heavy atom. The van der Waals surface area contributed by atoms with Crippen molar-refractivity contribution >= 4 is 11.8 Å². The highest BCUT2D eigenvalue weighted by Crippen LogP contribution is 2.24. The highest BCUT2D eigenvalue weighted by molar-refractivity contribution is 5.88. The summed E-state index contributed by atoms with van der Waals surface area (Å²) in [7, 11) is 0. The van der Waals surface area contributed by atoms with Crippen LogP contribution in [0.25, 0.3) is 0 Å². The van der Waals surface area contributed by atoms with Crippen LogP contribution in [0.4, 0.5) is 0 Å². The first-order valence-corrected chi connectivity index (χ1v) is 8.81. The van der Waals surface area contributed by atoms with Crippen LogP contribution in [0, 0.1) is 0 Å². The molecule has 3 rings (SSSR count). The van der Waals surface area contributed by atoms with Gasteiger partial charge in [-0.1, -0.05) is 60.7 Å². The van der Waals surface area contributed by atoms with Gasteiger partial charge in [-0.25, -0.2) is 0 Å². The minimum Gasteiger partial charge on any atom is -0.467 e. The Kier molecular flexibility index (Phi) is 6.05. The summed E-state index contributed by atoms with van der Waals surface area (Å²) in [5.41, 5.74) is 1.73. The molecule has 0 bridgehead atoms. The normalized spacial score (nSPS) is 11.6. The van der Waals surface area contributed by atoms with Gasteiger partial charge in [0.2, 0.25) is 11.8 Å². The number of benzene rings is 2. The monoisotopic (exact) mass is 362 g/mol. The third kappa shape index (κ3) is 4.85. The van der Waals surface area contributed by atoms with Gasteiger partial charge in [-0.2, -0.15) is 0 Å². The van der Waals surface area contributed by atoms with Crippen molar-refractivity contribution in [3.05, 3.63) is 95.9 Å². The summed E-state index contributed by atoms with van der Waals surface area (Å²) in [4.78, 5) is 27.0. The van der Waals surface area contributed by atoms with Crippen molar-refractivity contribution in [2.24, 2.45) is 0 Å². The van der Waals surface area contributed by atoms with E-state index in [0.717, 1.165) is 11.1 Å². The Hall–Kier alpha value is -3.34. The maximum absolute atomic E-state index is 13.0. The molecule has 0 saturated heterocycles. The summed E-state index contributed by atoms with van der Waals surface area (Å²) >= 11 is 0. The third-order valence-corrected chi connectivity index (χ3v) is 4.29. The number of amides is 2. The van der Waals surface area contributed by atoms with E-state index in [1.165, 1.54) is 6.92 Å². The minimum atomic E-state index is -0.723. The van der Waals surface area contributed by atoms with Crippen LogP contribution in [-0.4, -0.2) is 16.7 Å². The van der Waals surface area contributed by atoms with Gasteiger partial charge in [-0.3, -0.25) is 9.59 Å². The van der Waals surface area contributed by atoms with E-state index in [0.29, 0.717) is 12.3 Å². The third-order valence-electron chi connectivity index (χ3n) is 4.29. The van der Waals surface area contributed by atoms with Gasteiger partial charge in [-0.05, 0) is 23.3 Å². The summed E-state index contributed by atoms with van der Waals surface area (Å²) in [5.74, 6) is 0.247. The maximum Gasteiger partial charge on any atom is 0.247 e. The Morgan fingerprint density at radius 1 is 0.963 bits per heavy atom. The molecule has 0 fully saturated rings. The first-order chi connectivity index (χ1) is 13.1. The SMILES string of the molecule is CC(=O)N(Cc1ccccc1)C(C(=O)NCc1ccco1)c1ccccc1. The van der Waals surface area contributed by atoms with Crippen molar-refractivity contribution < 1.29 is 14.0 Å². The molecule has 5 nitrogen and oxygen atoms in total. The molecule has 1 atom stereocenters. The second kappa shape index (κ2) is 8.85. The highest BCUT2D eigenvalue weighted by atomic mass is 16.3. The summed E-state index contributed by atoms with van der Waals surface area (Å²) in [6.07, 6.45) is 1.56. The van der Waals surface area contributed by atoms with Gasteiger partial charge >= 0.3 is 0 Å². The number of furan rings is 1. The van der Waals surface area contributed by atoms with Crippen LogP contribution in [0.2, 0.25) is 0 Å². The largest absolute Gasteiger partial charge is 0.467 e. The predicted octanol–water partition coefficient (Wildman–Crippen LogP) is 3.69. The van der Waals surface area contributed by atoms with Crippen molar-refractivity contribution in [2.75, 3.05) is 0 Å². The molecule has 138 valence electrons. The van der Waals surface area contributed by atoms with E-state index >= 15 is 0 Å². The van der Waals surface area contributed by atoms with Gasteiger partial charge < -0.3 is 14.6 Å². The van der Waals surface area contributed by atoms with Crippen molar-refractivity contribution in [3.8, 4) is 0 Å². The quantitative estimate of drug-likeness (QED) is 0.697. The number of carbonyl (C=O) groups is 2. The number of rotatable bonds is 7. The van der Waals surface area contributed by atoms with Crippen molar-refractivity contribution in [1.82, 2.24) is 10.2 Å². The molecule has 1 N–H and O–H groups in total. The van der Waals surface area contributed by atoms with E-state index in [4.69, 9.17) is 4.42 Å². The zero-order valence-electron chi connectivity index (χ0n) is 15.2. The molecule has 0 saturated carbocycles. The molecule has 1 heterocycles. The Labute approximate surface area is 158 Å². The molecular weight excluding hydrogens is 340 g/mol. The summed E-state index contributed by atoms with van der Waals surface area (Å²) < 4.78 is 5.28. The van der Waals surface area contributed by atoms with E-state index in [1.807, 2.05) is 60.7 Å². The molecule has 0 aliphatic heterocycles. The standard InChI is InChI=1S/C22H22N2O3/c1-17(25)24(16-18-9-4-2-5-10-18)21(19-11-6-3-7-12-19)22(26)23-15-20-13-8-14-27-20/h2-14,21H,15-16H2,1H3,(H,23,26). The molecule has 2 amide bonds. The van der Waals surface area contributed by atoms with Gasteiger partial charge in [0.05, 0.1) is 12.8 Å². The molecule has 3 aromatic rings. The zero-order valence-corrected chi connectivity index (χ0v) is 15.2. The lowest BCUT2D eigenvalue weighted by atomic mass is 10.0. The Balaban J connectivity index is 1.87. The smallest absolute Gasteiger partial charge is 0.247 e.